The minimum absolute atomic E-state index is 0.171. The lowest BCUT2D eigenvalue weighted by molar-refractivity contribution is 0.0954. The molecule has 0 saturated carbocycles. The van der Waals surface area contributed by atoms with E-state index in [1.807, 2.05) is 30.3 Å². The highest BCUT2D eigenvalue weighted by molar-refractivity contribution is 6.30. The van der Waals surface area contributed by atoms with Gasteiger partial charge in [0.15, 0.2) is 11.5 Å². The number of carbonyl (C=O) groups is 1. The van der Waals surface area contributed by atoms with E-state index in [9.17, 15) is 4.79 Å². The van der Waals surface area contributed by atoms with Crippen molar-refractivity contribution in [2.75, 3.05) is 20.8 Å². The number of methoxy groups -OCH3 is 2. The van der Waals surface area contributed by atoms with E-state index in [1.165, 1.54) is 0 Å². The maximum Gasteiger partial charge on any atom is 0.254 e. The lowest BCUT2D eigenvalue weighted by atomic mass is 10.1. The summed E-state index contributed by atoms with van der Waals surface area (Å²) < 4.78 is 12.2. The van der Waals surface area contributed by atoms with Gasteiger partial charge in [-0.05, 0) is 48.4 Å². The zero-order valence-electron chi connectivity index (χ0n) is 15.1. The number of carbonyl (C=O) groups excluding carboxylic acids is 1. The Kier molecular flexibility index (Phi) is 5.98. The normalized spacial score (nSPS) is 10.5. The fraction of sp³-hybridized carbons (Fsp3) is 0.200. The summed E-state index contributed by atoms with van der Waals surface area (Å²) in [6.07, 6.45) is 3.91. The van der Waals surface area contributed by atoms with Crippen LogP contribution in [0.4, 0.5) is 0 Å². The first-order chi connectivity index (χ1) is 13.1. The summed E-state index contributed by atoms with van der Waals surface area (Å²) in [4.78, 5) is 12.3. The van der Waals surface area contributed by atoms with Crippen molar-refractivity contribution in [1.29, 1.82) is 0 Å². The molecule has 0 bridgehead atoms. The molecule has 2 aromatic carbocycles. The molecule has 6 nitrogen and oxygen atoms in total. The molecule has 0 unspecified atom stereocenters. The van der Waals surface area contributed by atoms with Gasteiger partial charge < -0.3 is 14.8 Å². The van der Waals surface area contributed by atoms with Gasteiger partial charge in [-0.2, -0.15) is 5.10 Å². The van der Waals surface area contributed by atoms with Crippen LogP contribution in [-0.2, 0) is 6.42 Å². The third kappa shape index (κ3) is 4.60. The van der Waals surface area contributed by atoms with Crippen molar-refractivity contribution in [2.45, 2.75) is 6.42 Å². The Morgan fingerprint density at radius 1 is 1.11 bits per heavy atom. The van der Waals surface area contributed by atoms with Crippen molar-refractivity contribution in [3.8, 4) is 17.2 Å². The number of amides is 1. The average Bonchev–Trinajstić information content (AvgIpc) is 3.18. The highest BCUT2D eigenvalue weighted by Crippen LogP contribution is 2.27. The summed E-state index contributed by atoms with van der Waals surface area (Å²) in [5.74, 6) is 1.18. The quantitative estimate of drug-likeness (QED) is 0.675. The topological polar surface area (TPSA) is 65.4 Å². The minimum Gasteiger partial charge on any atom is -0.493 e. The number of hydrogen-bond acceptors (Lipinski definition) is 4. The molecular formula is C20H20ClN3O3. The molecule has 0 saturated heterocycles. The molecular weight excluding hydrogens is 366 g/mol. The van der Waals surface area contributed by atoms with Gasteiger partial charge in [0.2, 0.25) is 0 Å². The molecule has 0 spiro atoms. The summed E-state index contributed by atoms with van der Waals surface area (Å²) in [6, 6.07) is 13.0. The maximum atomic E-state index is 12.3. The summed E-state index contributed by atoms with van der Waals surface area (Å²) in [5, 5.41) is 7.78. The molecule has 0 aliphatic rings. The zero-order valence-corrected chi connectivity index (χ0v) is 15.9. The van der Waals surface area contributed by atoms with Crippen LogP contribution in [0.25, 0.3) is 5.69 Å². The molecule has 3 rings (SSSR count). The number of nitrogens with one attached hydrogen (secondary N) is 1. The Bertz CT molecular complexity index is 922. The molecule has 1 aromatic heterocycles. The first-order valence-electron chi connectivity index (χ1n) is 8.40. The molecule has 0 aliphatic carbocycles. The van der Waals surface area contributed by atoms with Crippen molar-refractivity contribution >= 4 is 17.5 Å². The van der Waals surface area contributed by atoms with Crippen molar-refractivity contribution in [2.24, 2.45) is 0 Å². The van der Waals surface area contributed by atoms with Crippen molar-refractivity contribution in [1.82, 2.24) is 15.1 Å². The van der Waals surface area contributed by atoms with Gasteiger partial charge in [0.25, 0.3) is 5.91 Å². The molecule has 7 heteroatoms. The highest BCUT2D eigenvalue weighted by atomic mass is 35.5. The molecule has 3 aromatic rings. The van der Waals surface area contributed by atoms with Gasteiger partial charge >= 0.3 is 0 Å². The van der Waals surface area contributed by atoms with Gasteiger partial charge in [0, 0.05) is 17.8 Å². The Balaban J connectivity index is 1.58. The summed E-state index contributed by atoms with van der Waals surface area (Å²) >= 11 is 5.89. The first-order valence-corrected chi connectivity index (χ1v) is 8.78. The smallest absolute Gasteiger partial charge is 0.254 e. The lowest BCUT2D eigenvalue weighted by Gasteiger charge is -2.10. The predicted molar refractivity (Wildman–Crippen MR) is 104 cm³/mol. The van der Waals surface area contributed by atoms with Gasteiger partial charge in [-0.1, -0.05) is 17.7 Å². The van der Waals surface area contributed by atoms with Crippen LogP contribution < -0.4 is 14.8 Å². The standard InChI is InChI=1S/C20H20ClN3O3/c1-26-18-8-3-14(11-19(18)27-2)9-10-22-20(25)15-12-23-24(13-15)17-6-4-16(21)5-7-17/h3-8,11-13H,9-10H2,1-2H3,(H,22,25). The van der Waals surface area contributed by atoms with Crippen molar-refractivity contribution in [3.05, 3.63) is 71.0 Å². The molecule has 0 atom stereocenters. The van der Waals surface area contributed by atoms with E-state index in [-0.39, 0.29) is 5.91 Å². The van der Waals surface area contributed by atoms with Crippen LogP contribution in [0.1, 0.15) is 15.9 Å². The molecule has 0 radical (unpaired) electrons. The predicted octanol–water partition coefficient (Wildman–Crippen LogP) is 3.52. The SMILES string of the molecule is COc1ccc(CCNC(=O)c2cnn(-c3ccc(Cl)cc3)c2)cc1OC. The van der Waals surface area contributed by atoms with Gasteiger partial charge in [-0.3, -0.25) is 4.79 Å². The largest absolute Gasteiger partial charge is 0.493 e. The Morgan fingerprint density at radius 3 is 2.56 bits per heavy atom. The number of hydrogen-bond donors (Lipinski definition) is 1. The fourth-order valence-corrected chi connectivity index (χ4v) is 2.76. The molecule has 1 heterocycles. The number of rotatable bonds is 7. The number of nitrogens with zero attached hydrogens (tertiary/aromatic N) is 2. The van der Waals surface area contributed by atoms with Crippen LogP contribution in [0.3, 0.4) is 0 Å². The van der Waals surface area contributed by atoms with Gasteiger partial charge in [-0.25, -0.2) is 4.68 Å². The van der Waals surface area contributed by atoms with Crippen LogP contribution in [0.2, 0.25) is 5.02 Å². The molecule has 1 N–H and O–H groups in total. The molecule has 0 aliphatic heterocycles. The number of ether oxygens (including phenoxy) is 2. The van der Waals surface area contributed by atoms with Crippen LogP contribution in [-0.4, -0.2) is 36.5 Å². The van der Waals surface area contributed by atoms with E-state index in [0.717, 1.165) is 11.3 Å². The van der Waals surface area contributed by atoms with E-state index in [2.05, 4.69) is 10.4 Å². The molecule has 27 heavy (non-hydrogen) atoms. The van der Waals surface area contributed by atoms with Crippen molar-refractivity contribution < 1.29 is 14.3 Å². The van der Waals surface area contributed by atoms with Crippen LogP contribution in [0, 0.1) is 0 Å². The minimum atomic E-state index is -0.171. The van der Waals surface area contributed by atoms with E-state index >= 15 is 0 Å². The van der Waals surface area contributed by atoms with E-state index in [1.54, 1.807) is 43.4 Å². The second kappa shape index (κ2) is 8.60. The van der Waals surface area contributed by atoms with Gasteiger partial charge in [0.1, 0.15) is 0 Å². The Hall–Kier alpha value is -2.99. The molecule has 140 valence electrons. The van der Waals surface area contributed by atoms with Crippen LogP contribution in [0.15, 0.2) is 54.9 Å². The maximum absolute atomic E-state index is 12.3. The fourth-order valence-electron chi connectivity index (χ4n) is 2.63. The molecule has 1 amide bonds. The second-order valence-corrected chi connectivity index (χ2v) is 6.28. The number of halogens is 1. The average molecular weight is 386 g/mol. The van der Waals surface area contributed by atoms with Crippen molar-refractivity contribution in [3.63, 3.8) is 0 Å². The zero-order chi connectivity index (χ0) is 19.2. The second-order valence-electron chi connectivity index (χ2n) is 5.85. The monoisotopic (exact) mass is 385 g/mol. The van der Waals surface area contributed by atoms with Gasteiger partial charge in [0.05, 0.1) is 31.7 Å². The highest BCUT2D eigenvalue weighted by Gasteiger charge is 2.10. The summed E-state index contributed by atoms with van der Waals surface area (Å²) in [5.41, 5.74) is 2.38. The number of aromatic nitrogens is 2. The van der Waals surface area contributed by atoms with E-state index < -0.39 is 0 Å². The Labute approximate surface area is 162 Å². The van der Waals surface area contributed by atoms with Gasteiger partial charge in [-0.15, -0.1) is 0 Å². The first kappa shape index (κ1) is 18.8. The lowest BCUT2D eigenvalue weighted by Crippen LogP contribution is -2.25. The van der Waals surface area contributed by atoms with Crippen LogP contribution in [0.5, 0.6) is 11.5 Å². The number of benzene rings is 2. The summed E-state index contributed by atoms with van der Waals surface area (Å²) in [7, 11) is 3.20. The molecule has 0 fully saturated rings. The van der Waals surface area contributed by atoms with E-state index in [4.69, 9.17) is 21.1 Å². The third-order valence-corrected chi connectivity index (χ3v) is 4.34. The van der Waals surface area contributed by atoms with Crippen LogP contribution >= 0.6 is 11.6 Å². The van der Waals surface area contributed by atoms with E-state index in [0.29, 0.717) is 35.1 Å². The Morgan fingerprint density at radius 2 is 1.85 bits per heavy atom. The summed E-state index contributed by atoms with van der Waals surface area (Å²) in [6.45, 7) is 0.500. The third-order valence-electron chi connectivity index (χ3n) is 4.08.